The van der Waals surface area contributed by atoms with E-state index in [4.69, 9.17) is 16.3 Å². The van der Waals surface area contributed by atoms with Gasteiger partial charge in [-0.2, -0.15) is 0 Å². The fourth-order valence-electron chi connectivity index (χ4n) is 1.96. The monoisotopic (exact) mass is 403 g/mol. The first kappa shape index (κ1) is 15.5. The van der Waals surface area contributed by atoms with Gasteiger partial charge in [-0.15, -0.1) is 0 Å². The Labute approximate surface area is 137 Å². The lowest BCUT2D eigenvalue weighted by atomic mass is 10.0. The summed E-state index contributed by atoms with van der Waals surface area (Å²) in [6.07, 6.45) is 3.28. The number of rotatable bonds is 5. The largest absolute Gasteiger partial charge is 0.480 e. The summed E-state index contributed by atoms with van der Waals surface area (Å²) in [6, 6.07) is 5.88. The van der Waals surface area contributed by atoms with Crippen LogP contribution in [0.4, 0.5) is 0 Å². The fourth-order valence-corrected chi connectivity index (χ4v) is 2.48. The Morgan fingerprint density at radius 2 is 2.10 bits per heavy atom. The van der Waals surface area contributed by atoms with Gasteiger partial charge in [-0.05, 0) is 46.8 Å². The van der Waals surface area contributed by atoms with E-state index in [0.29, 0.717) is 5.88 Å². The zero-order valence-corrected chi connectivity index (χ0v) is 14.1. The van der Waals surface area contributed by atoms with Crippen molar-refractivity contribution in [3.8, 4) is 5.88 Å². The number of hydrogen-bond donors (Lipinski definition) is 1. The van der Waals surface area contributed by atoms with Crippen LogP contribution in [0.1, 0.15) is 24.2 Å². The van der Waals surface area contributed by atoms with Gasteiger partial charge in [0.25, 0.3) is 0 Å². The molecule has 0 aliphatic carbocycles. The summed E-state index contributed by atoms with van der Waals surface area (Å²) in [5.74, 6) is 0.521. The molecule has 2 aromatic rings. The molecule has 6 heteroatoms. The number of benzene rings is 1. The lowest BCUT2D eigenvalue weighted by Gasteiger charge is -2.19. The van der Waals surface area contributed by atoms with Gasteiger partial charge in [0.2, 0.25) is 5.88 Å². The van der Waals surface area contributed by atoms with E-state index in [1.54, 1.807) is 19.5 Å². The molecular weight excluding hydrogens is 389 g/mol. The van der Waals surface area contributed by atoms with Gasteiger partial charge in [0.05, 0.1) is 18.2 Å². The fraction of sp³-hybridized carbons (Fsp3) is 0.286. The van der Waals surface area contributed by atoms with E-state index >= 15 is 0 Å². The first-order chi connectivity index (χ1) is 9.67. The van der Waals surface area contributed by atoms with Crippen LogP contribution in [0.3, 0.4) is 0 Å². The molecular formula is C14H15ClIN3O. The van der Waals surface area contributed by atoms with E-state index in [9.17, 15) is 0 Å². The Balaban J connectivity index is 2.47. The molecule has 1 heterocycles. The quantitative estimate of drug-likeness (QED) is 0.777. The summed E-state index contributed by atoms with van der Waals surface area (Å²) in [5.41, 5.74) is 1.80. The van der Waals surface area contributed by atoms with Gasteiger partial charge in [0.15, 0.2) is 0 Å². The van der Waals surface area contributed by atoms with Gasteiger partial charge < -0.3 is 10.1 Å². The van der Waals surface area contributed by atoms with Crippen LogP contribution in [0.25, 0.3) is 0 Å². The summed E-state index contributed by atoms with van der Waals surface area (Å²) in [7, 11) is 1.59. The van der Waals surface area contributed by atoms with Gasteiger partial charge in [-0.1, -0.05) is 24.6 Å². The standard InChI is InChI=1S/C14H15ClIN3O/c1-3-17-12(9-4-5-11(16)10(15)8-9)13-14(20-2)19-7-6-18-13/h4-8,12,17H,3H2,1-2H3. The highest BCUT2D eigenvalue weighted by Crippen LogP contribution is 2.29. The number of halogens is 2. The third-order valence-electron chi connectivity index (χ3n) is 2.84. The molecule has 0 aliphatic heterocycles. The minimum Gasteiger partial charge on any atom is -0.480 e. The summed E-state index contributed by atoms with van der Waals surface area (Å²) in [5, 5.41) is 4.12. The highest BCUT2D eigenvalue weighted by Gasteiger charge is 2.20. The normalized spacial score (nSPS) is 12.2. The second-order valence-electron chi connectivity index (χ2n) is 4.12. The zero-order chi connectivity index (χ0) is 14.5. The SMILES string of the molecule is CCNC(c1ccc(I)c(Cl)c1)c1nccnc1OC. The first-order valence-electron chi connectivity index (χ1n) is 6.20. The van der Waals surface area contributed by atoms with Crippen molar-refractivity contribution < 1.29 is 4.74 Å². The molecule has 0 radical (unpaired) electrons. The maximum atomic E-state index is 6.22. The van der Waals surface area contributed by atoms with Crippen LogP contribution >= 0.6 is 34.2 Å². The van der Waals surface area contributed by atoms with Crippen LogP contribution in [-0.4, -0.2) is 23.6 Å². The molecule has 1 N–H and O–H groups in total. The molecule has 20 heavy (non-hydrogen) atoms. The second-order valence-corrected chi connectivity index (χ2v) is 5.68. The van der Waals surface area contributed by atoms with Crippen molar-refractivity contribution >= 4 is 34.2 Å². The predicted octanol–water partition coefficient (Wildman–Crippen LogP) is 3.44. The van der Waals surface area contributed by atoms with Crippen LogP contribution in [0, 0.1) is 3.57 Å². The van der Waals surface area contributed by atoms with Crippen molar-refractivity contribution in [2.24, 2.45) is 0 Å². The molecule has 1 atom stereocenters. The maximum absolute atomic E-state index is 6.22. The molecule has 0 fully saturated rings. The molecule has 1 unspecified atom stereocenters. The van der Waals surface area contributed by atoms with Crippen molar-refractivity contribution in [1.82, 2.24) is 15.3 Å². The molecule has 0 saturated heterocycles. The van der Waals surface area contributed by atoms with E-state index in [1.165, 1.54) is 0 Å². The summed E-state index contributed by atoms with van der Waals surface area (Å²) in [6.45, 7) is 2.85. The van der Waals surface area contributed by atoms with Gasteiger partial charge in [-0.25, -0.2) is 4.98 Å². The van der Waals surface area contributed by atoms with E-state index in [1.807, 2.05) is 25.1 Å². The third-order valence-corrected chi connectivity index (χ3v) is 4.42. The molecule has 0 saturated carbocycles. The van der Waals surface area contributed by atoms with Crippen molar-refractivity contribution in [3.63, 3.8) is 0 Å². The number of aromatic nitrogens is 2. The zero-order valence-electron chi connectivity index (χ0n) is 11.2. The smallest absolute Gasteiger partial charge is 0.237 e. The Bertz CT molecular complexity index is 594. The average Bonchev–Trinajstić information content (AvgIpc) is 2.48. The molecule has 0 spiro atoms. The number of hydrogen-bond acceptors (Lipinski definition) is 4. The number of nitrogens with one attached hydrogen (secondary N) is 1. The minimum atomic E-state index is -0.0989. The van der Waals surface area contributed by atoms with E-state index in [0.717, 1.165) is 26.4 Å². The lowest BCUT2D eigenvalue weighted by molar-refractivity contribution is 0.383. The van der Waals surface area contributed by atoms with Crippen LogP contribution < -0.4 is 10.1 Å². The van der Waals surface area contributed by atoms with E-state index in [2.05, 4.69) is 37.9 Å². The molecule has 1 aromatic carbocycles. The highest BCUT2D eigenvalue weighted by atomic mass is 127. The predicted molar refractivity (Wildman–Crippen MR) is 88.3 cm³/mol. The van der Waals surface area contributed by atoms with Gasteiger partial charge >= 0.3 is 0 Å². The first-order valence-corrected chi connectivity index (χ1v) is 7.66. The molecule has 0 bridgehead atoms. The second kappa shape index (κ2) is 7.19. The van der Waals surface area contributed by atoms with E-state index < -0.39 is 0 Å². The molecule has 4 nitrogen and oxygen atoms in total. The summed E-state index contributed by atoms with van der Waals surface area (Å²) in [4.78, 5) is 8.61. The average molecular weight is 404 g/mol. The molecule has 2 rings (SSSR count). The van der Waals surface area contributed by atoms with Crippen LogP contribution in [0.15, 0.2) is 30.6 Å². The summed E-state index contributed by atoms with van der Waals surface area (Å²) >= 11 is 8.43. The topological polar surface area (TPSA) is 47.0 Å². The number of ether oxygens (including phenoxy) is 1. The van der Waals surface area contributed by atoms with E-state index in [-0.39, 0.29) is 6.04 Å². The maximum Gasteiger partial charge on any atom is 0.237 e. The molecule has 0 amide bonds. The highest BCUT2D eigenvalue weighted by molar-refractivity contribution is 14.1. The molecule has 0 aliphatic rings. The van der Waals surface area contributed by atoms with Crippen molar-refractivity contribution in [1.29, 1.82) is 0 Å². The number of methoxy groups -OCH3 is 1. The van der Waals surface area contributed by atoms with Gasteiger partial charge in [0, 0.05) is 16.0 Å². The van der Waals surface area contributed by atoms with Gasteiger partial charge in [-0.3, -0.25) is 4.98 Å². The van der Waals surface area contributed by atoms with Crippen molar-refractivity contribution in [2.75, 3.05) is 13.7 Å². The van der Waals surface area contributed by atoms with Crippen molar-refractivity contribution in [3.05, 3.63) is 50.4 Å². The summed E-state index contributed by atoms with van der Waals surface area (Å²) < 4.78 is 6.32. The minimum absolute atomic E-state index is 0.0989. The van der Waals surface area contributed by atoms with Crippen LogP contribution in [0.2, 0.25) is 5.02 Å². The van der Waals surface area contributed by atoms with Crippen LogP contribution in [0.5, 0.6) is 5.88 Å². The Hall–Kier alpha value is -0.920. The third kappa shape index (κ3) is 3.39. The number of nitrogens with zero attached hydrogens (tertiary/aromatic N) is 2. The molecule has 106 valence electrons. The molecule has 1 aromatic heterocycles. The Morgan fingerprint density at radius 1 is 1.35 bits per heavy atom. The lowest BCUT2D eigenvalue weighted by Crippen LogP contribution is -2.24. The Morgan fingerprint density at radius 3 is 2.75 bits per heavy atom. The van der Waals surface area contributed by atoms with Crippen LogP contribution in [-0.2, 0) is 0 Å². The van der Waals surface area contributed by atoms with Gasteiger partial charge in [0.1, 0.15) is 5.69 Å². The Kier molecular flexibility index (Phi) is 5.56. The van der Waals surface area contributed by atoms with Crippen molar-refractivity contribution in [2.45, 2.75) is 13.0 Å².